The average molecular weight is 325 g/mol. The lowest BCUT2D eigenvalue weighted by Crippen LogP contribution is -2.45. The monoisotopic (exact) mass is 325 g/mol. The summed E-state index contributed by atoms with van der Waals surface area (Å²) >= 11 is 1.21. The predicted molar refractivity (Wildman–Crippen MR) is 84.1 cm³/mol. The molecule has 3 amide bonds. The maximum absolute atomic E-state index is 12.4. The van der Waals surface area contributed by atoms with Crippen LogP contribution in [0.2, 0.25) is 0 Å². The summed E-state index contributed by atoms with van der Waals surface area (Å²) in [5.74, 6) is -1.49. The van der Waals surface area contributed by atoms with Crippen molar-refractivity contribution >= 4 is 34.1 Å². The molecule has 0 radical (unpaired) electrons. The molecule has 1 aliphatic rings. The third-order valence-electron chi connectivity index (χ3n) is 3.61. The third-order valence-corrected chi connectivity index (χ3v) is 4.44. The number of nitriles is 1. The second kappa shape index (κ2) is 5.66. The summed E-state index contributed by atoms with van der Waals surface area (Å²) in [5.41, 5.74) is 0.940. The Labute approximate surface area is 135 Å². The number of carbonyl (C=O) groups is 3. The van der Waals surface area contributed by atoms with Crippen LogP contribution in [0.1, 0.15) is 33.2 Å². The number of amides is 3. The van der Waals surface area contributed by atoms with Crippen molar-refractivity contribution < 1.29 is 14.4 Å². The van der Waals surface area contributed by atoms with Crippen LogP contribution >= 0.6 is 11.3 Å². The first kappa shape index (κ1) is 14.9. The van der Waals surface area contributed by atoms with Crippen molar-refractivity contribution in [3.05, 3.63) is 52.4 Å². The Morgan fingerprint density at radius 2 is 1.83 bits per heavy atom. The van der Waals surface area contributed by atoms with Gasteiger partial charge in [0.25, 0.3) is 11.8 Å². The van der Waals surface area contributed by atoms with Crippen LogP contribution in [-0.4, -0.2) is 28.7 Å². The lowest BCUT2D eigenvalue weighted by Gasteiger charge is -2.21. The van der Waals surface area contributed by atoms with Gasteiger partial charge in [0.1, 0.15) is 17.1 Å². The van der Waals surface area contributed by atoms with Gasteiger partial charge < -0.3 is 5.32 Å². The summed E-state index contributed by atoms with van der Waals surface area (Å²) in [4.78, 5) is 38.0. The van der Waals surface area contributed by atoms with E-state index < -0.39 is 23.8 Å². The normalized spacial score (nSPS) is 14.3. The summed E-state index contributed by atoms with van der Waals surface area (Å²) < 4.78 is 0. The number of anilines is 1. The molecule has 23 heavy (non-hydrogen) atoms. The Morgan fingerprint density at radius 3 is 2.39 bits per heavy atom. The van der Waals surface area contributed by atoms with E-state index in [0.717, 1.165) is 4.90 Å². The van der Waals surface area contributed by atoms with E-state index in [0.29, 0.717) is 21.7 Å². The van der Waals surface area contributed by atoms with Crippen LogP contribution in [-0.2, 0) is 4.79 Å². The van der Waals surface area contributed by atoms with E-state index in [1.807, 2.05) is 6.07 Å². The van der Waals surface area contributed by atoms with Gasteiger partial charge in [-0.15, -0.1) is 11.3 Å². The van der Waals surface area contributed by atoms with Crippen molar-refractivity contribution in [1.82, 2.24) is 4.90 Å². The van der Waals surface area contributed by atoms with Gasteiger partial charge >= 0.3 is 0 Å². The van der Waals surface area contributed by atoms with Gasteiger partial charge in [-0.2, -0.15) is 5.26 Å². The molecule has 0 saturated carbocycles. The average Bonchev–Trinajstić information content (AvgIpc) is 3.10. The number of hydrogen-bond donors (Lipinski definition) is 1. The lowest BCUT2D eigenvalue weighted by atomic mass is 10.1. The van der Waals surface area contributed by atoms with E-state index >= 15 is 0 Å². The van der Waals surface area contributed by atoms with Gasteiger partial charge in [-0.3, -0.25) is 19.3 Å². The Morgan fingerprint density at radius 1 is 1.22 bits per heavy atom. The fraction of sp³-hybridized carbons (Fsp3) is 0.125. The van der Waals surface area contributed by atoms with Gasteiger partial charge in [-0.25, -0.2) is 0 Å². The molecule has 2 heterocycles. The minimum Gasteiger partial charge on any atom is -0.315 e. The summed E-state index contributed by atoms with van der Waals surface area (Å²) in [6.45, 7) is 1.48. The van der Waals surface area contributed by atoms with Crippen LogP contribution in [0.3, 0.4) is 0 Å². The highest BCUT2D eigenvalue weighted by Gasteiger charge is 2.40. The number of nitrogens with zero attached hydrogens (tertiary/aromatic N) is 2. The molecule has 1 aromatic carbocycles. The highest BCUT2D eigenvalue weighted by atomic mass is 32.1. The number of benzene rings is 1. The molecular formula is C16H11N3O3S. The summed E-state index contributed by atoms with van der Waals surface area (Å²) in [7, 11) is 0. The van der Waals surface area contributed by atoms with Crippen LogP contribution in [0, 0.1) is 11.3 Å². The molecule has 1 atom stereocenters. The predicted octanol–water partition coefficient (Wildman–Crippen LogP) is 2.24. The van der Waals surface area contributed by atoms with Gasteiger partial charge in [0.2, 0.25) is 5.91 Å². The molecule has 114 valence electrons. The molecule has 0 unspecified atom stereocenters. The van der Waals surface area contributed by atoms with Gasteiger partial charge in [-0.1, -0.05) is 12.1 Å². The first-order valence-corrected chi connectivity index (χ1v) is 7.68. The smallest absolute Gasteiger partial charge is 0.262 e. The lowest BCUT2D eigenvalue weighted by molar-refractivity contribution is -0.119. The molecule has 0 fully saturated rings. The number of carbonyl (C=O) groups excluding carboxylic acids is 3. The number of fused-ring (bicyclic) bond motifs is 1. The van der Waals surface area contributed by atoms with E-state index in [1.54, 1.807) is 35.7 Å². The largest absolute Gasteiger partial charge is 0.315 e. The molecule has 0 spiro atoms. The molecule has 0 bridgehead atoms. The first-order chi connectivity index (χ1) is 11.0. The van der Waals surface area contributed by atoms with Gasteiger partial charge in [0.15, 0.2) is 0 Å². The number of nitrogens with one attached hydrogen (secondary N) is 1. The number of thiophene rings is 1. The Balaban J connectivity index is 1.83. The van der Waals surface area contributed by atoms with Crippen LogP contribution in [0.5, 0.6) is 0 Å². The van der Waals surface area contributed by atoms with Gasteiger partial charge in [0, 0.05) is 0 Å². The van der Waals surface area contributed by atoms with E-state index in [2.05, 4.69) is 5.32 Å². The van der Waals surface area contributed by atoms with Gasteiger partial charge in [0.05, 0.1) is 16.7 Å². The molecule has 3 rings (SSSR count). The molecule has 0 saturated heterocycles. The van der Waals surface area contributed by atoms with Gasteiger partial charge in [-0.05, 0) is 30.5 Å². The molecule has 6 nitrogen and oxygen atoms in total. The van der Waals surface area contributed by atoms with E-state index in [1.165, 1.54) is 18.3 Å². The standard InChI is InChI=1S/C16H11N3O3S/c1-9(13(20)18-14-10(8-17)6-7-23-14)19-15(21)11-4-2-3-5-12(11)16(19)22/h2-7,9H,1H3,(H,18,20)/t9-/m1/s1. The topological polar surface area (TPSA) is 90.3 Å². The highest BCUT2D eigenvalue weighted by Crippen LogP contribution is 2.26. The van der Waals surface area contributed by atoms with E-state index in [-0.39, 0.29) is 0 Å². The Hall–Kier alpha value is -2.98. The molecule has 1 aliphatic heterocycles. The van der Waals surface area contributed by atoms with Crippen molar-refractivity contribution in [1.29, 1.82) is 5.26 Å². The number of rotatable bonds is 3. The maximum Gasteiger partial charge on any atom is 0.262 e. The molecule has 7 heteroatoms. The SMILES string of the molecule is C[C@H](C(=O)Nc1sccc1C#N)N1C(=O)c2ccccc2C1=O. The van der Waals surface area contributed by atoms with Crippen molar-refractivity contribution in [2.45, 2.75) is 13.0 Å². The Kier molecular flexibility index (Phi) is 3.68. The summed E-state index contributed by atoms with van der Waals surface area (Å²) in [6.07, 6.45) is 0. The highest BCUT2D eigenvalue weighted by molar-refractivity contribution is 7.14. The minimum absolute atomic E-state index is 0.297. The van der Waals surface area contributed by atoms with Crippen molar-refractivity contribution in [2.75, 3.05) is 5.32 Å². The van der Waals surface area contributed by atoms with Crippen LogP contribution in [0.15, 0.2) is 35.7 Å². The zero-order valence-corrected chi connectivity index (χ0v) is 12.9. The fourth-order valence-corrected chi connectivity index (χ4v) is 3.13. The van der Waals surface area contributed by atoms with Crippen molar-refractivity contribution in [3.8, 4) is 6.07 Å². The maximum atomic E-state index is 12.4. The zero-order valence-electron chi connectivity index (χ0n) is 12.1. The number of imide groups is 1. The second-order valence-corrected chi connectivity index (χ2v) is 5.88. The van der Waals surface area contributed by atoms with Crippen LogP contribution < -0.4 is 5.32 Å². The van der Waals surface area contributed by atoms with Crippen molar-refractivity contribution in [2.24, 2.45) is 0 Å². The zero-order chi connectivity index (χ0) is 16.6. The second-order valence-electron chi connectivity index (χ2n) is 4.97. The van der Waals surface area contributed by atoms with E-state index in [9.17, 15) is 14.4 Å². The van der Waals surface area contributed by atoms with Crippen molar-refractivity contribution in [3.63, 3.8) is 0 Å². The fourth-order valence-electron chi connectivity index (χ4n) is 2.39. The summed E-state index contributed by atoms with van der Waals surface area (Å²) in [5, 5.41) is 13.6. The molecule has 2 aromatic rings. The quantitative estimate of drug-likeness (QED) is 0.876. The third kappa shape index (κ3) is 2.39. The summed E-state index contributed by atoms with van der Waals surface area (Å²) in [6, 6.07) is 9.05. The molecule has 1 aromatic heterocycles. The molecule has 0 aliphatic carbocycles. The molecule has 1 N–H and O–H groups in total. The first-order valence-electron chi connectivity index (χ1n) is 6.80. The van der Waals surface area contributed by atoms with Crippen LogP contribution in [0.4, 0.5) is 5.00 Å². The van der Waals surface area contributed by atoms with E-state index in [4.69, 9.17) is 5.26 Å². The molecular weight excluding hydrogens is 314 g/mol. The number of hydrogen-bond acceptors (Lipinski definition) is 5. The minimum atomic E-state index is -0.976. The van der Waals surface area contributed by atoms with Crippen LogP contribution in [0.25, 0.3) is 0 Å². The Bertz CT molecular complexity index is 830.